The first-order valence-electron chi connectivity index (χ1n) is 5.51. The molecule has 19 heavy (non-hydrogen) atoms. The number of rotatable bonds is 5. The van der Waals surface area contributed by atoms with E-state index in [2.05, 4.69) is 5.32 Å². The largest absolute Gasteiger partial charge is 0.497 e. The highest BCUT2D eigenvalue weighted by Gasteiger charge is 2.26. The van der Waals surface area contributed by atoms with E-state index in [9.17, 15) is 18.0 Å². The van der Waals surface area contributed by atoms with Crippen molar-refractivity contribution >= 4 is 11.6 Å². The maximum absolute atomic E-state index is 11.9. The molecular formula is C12H15F3N2O2. The van der Waals surface area contributed by atoms with Gasteiger partial charge in [-0.05, 0) is 12.1 Å². The van der Waals surface area contributed by atoms with E-state index >= 15 is 0 Å². The van der Waals surface area contributed by atoms with Gasteiger partial charge < -0.3 is 15.0 Å². The molecule has 1 aromatic carbocycles. The second kappa shape index (κ2) is 6.42. The van der Waals surface area contributed by atoms with E-state index in [0.717, 1.165) is 0 Å². The van der Waals surface area contributed by atoms with Gasteiger partial charge in [0, 0.05) is 18.8 Å². The molecule has 1 aromatic rings. The number of nitrogens with one attached hydrogen (secondary N) is 1. The molecular weight excluding hydrogens is 261 g/mol. The van der Waals surface area contributed by atoms with Gasteiger partial charge in [0.15, 0.2) is 0 Å². The number of likely N-dealkylation sites (N-methyl/N-ethyl adjacent to an activating group) is 1. The summed E-state index contributed by atoms with van der Waals surface area (Å²) in [6.07, 6.45) is -4.32. The van der Waals surface area contributed by atoms with Gasteiger partial charge in [-0.25, -0.2) is 0 Å². The highest BCUT2D eigenvalue weighted by molar-refractivity contribution is 5.94. The van der Waals surface area contributed by atoms with Gasteiger partial charge in [-0.1, -0.05) is 6.07 Å². The van der Waals surface area contributed by atoms with Crippen LogP contribution in [-0.4, -0.2) is 39.3 Å². The first-order chi connectivity index (χ1) is 8.83. The predicted octanol–water partition coefficient (Wildman–Crippen LogP) is 1.81. The molecule has 0 bridgehead atoms. The van der Waals surface area contributed by atoms with Gasteiger partial charge in [0.05, 0.1) is 20.2 Å². The summed E-state index contributed by atoms with van der Waals surface area (Å²) in [5.41, 5.74) is 0.554. The van der Waals surface area contributed by atoms with Gasteiger partial charge >= 0.3 is 6.18 Å². The van der Waals surface area contributed by atoms with Crippen molar-refractivity contribution in [2.24, 2.45) is 0 Å². The fraction of sp³-hybridized carbons (Fsp3) is 0.417. The number of carbonyl (C=O) groups excluding carboxylic acids is 1. The van der Waals surface area contributed by atoms with Crippen LogP contribution in [-0.2, 0) is 4.79 Å². The molecule has 0 unspecified atom stereocenters. The summed E-state index contributed by atoms with van der Waals surface area (Å²) in [5.74, 6) is 0.109. The maximum atomic E-state index is 11.9. The lowest BCUT2D eigenvalue weighted by Gasteiger charge is -2.18. The number of methoxy groups -OCH3 is 1. The van der Waals surface area contributed by atoms with E-state index < -0.39 is 18.6 Å². The molecule has 1 amide bonds. The molecule has 0 atom stereocenters. The van der Waals surface area contributed by atoms with Crippen LogP contribution in [0.15, 0.2) is 24.3 Å². The molecule has 0 spiro atoms. The average Bonchev–Trinajstić information content (AvgIpc) is 2.36. The molecule has 4 nitrogen and oxygen atoms in total. The number of amides is 1. The molecule has 1 rings (SSSR count). The molecule has 0 saturated heterocycles. The highest BCUT2D eigenvalue weighted by atomic mass is 19.4. The van der Waals surface area contributed by atoms with Gasteiger partial charge in [-0.15, -0.1) is 0 Å². The van der Waals surface area contributed by atoms with Crippen molar-refractivity contribution in [1.29, 1.82) is 0 Å². The number of halogens is 3. The van der Waals surface area contributed by atoms with Crippen molar-refractivity contribution in [1.82, 2.24) is 5.32 Å². The molecule has 7 heteroatoms. The van der Waals surface area contributed by atoms with Crippen molar-refractivity contribution in [2.45, 2.75) is 6.18 Å². The smallest absolute Gasteiger partial charge is 0.401 e. The second-order valence-corrected chi connectivity index (χ2v) is 3.87. The van der Waals surface area contributed by atoms with Gasteiger partial charge in [-0.3, -0.25) is 4.79 Å². The monoisotopic (exact) mass is 276 g/mol. The topological polar surface area (TPSA) is 41.6 Å². The van der Waals surface area contributed by atoms with Crippen LogP contribution in [0.5, 0.6) is 5.75 Å². The van der Waals surface area contributed by atoms with Crippen molar-refractivity contribution < 1.29 is 22.7 Å². The maximum Gasteiger partial charge on any atom is 0.401 e. The lowest BCUT2D eigenvalue weighted by atomic mass is 10.2. The number of benzene rings is 1. The van der Waals surface area contributed by atoms with Crippen LogP contribution in [0.1, 0.15) is 0 Å². The highest BCUT2D eigenvalue weighted by Crippen LogP contribution is 2.19. The number of carbonyl (C=O) groups is 1. The number of hydrogen-bond donors (Lipinski definition) is 1. The summed E-state index contributed by atoms with van der Waals surface area (Å²) in [7, 11) is 2.98. The molecule has 1 N–H and O–H groups in total. The van der Waals surface area contributed by atoms with Crippen molar-refractivity contribution in [3.05, 3.63) is 24.3 Å². The second-order valence-electron chi connectivity index (χ2n) is 3.87. The standard InChI is InChI=1S/C12H15F3N2O2/c1-17(9-4-3-5-10(6-9)19-2)11(18)7-16-8-12(13,14)15/h3-6,16H,7-8H2,1-2H3. The summed E-state index contributed by atoms with van der Waals surface area (Å²) < 4.78 is 40.8. The van der Waals surface area contributed by atoms with Crippen molar-refractivity contribution in [2.75, 3.05) is 32.1 Å². The van der Waals surface area contributed by atoms with Gasteiger partial charge in [0.25, 0.3) is 0 Å². The van der Waals surface area contributed by atoms with Crippen LogP contribution in [0.25, 0.3) is 0 Å². The Balaban J connectivity index is 2.56. The Labute approximate surface area is 109 Å². The summed E-state index contributed by atoms with van der Waals surface area (Å²) >= 11 is 0. The lowest BCUT2D eigenvalue weighted by Crippen LogP contribution is -2.39. The Bertz CT molecular complexity index is 435. The minimum Gasteiger partial charge on any atom is -0.497 e. The summed E-state index contributed by atoms with van der Waals surface area (Å²) in [6.45, 7) is -1.57. The molecule has 0 aromatic heterocycles. The quantitative estimate of drug-likeness (QED) is 0.891. The molecule has 0 fully saturated rings. The fourth-order valence-corrected chi connectivity index (χ4v) is 1.39. The van der Waals surface area contributed by atoms with Gasteiger partial charge in [-0.2, -0.15) is 13.2 Å². The number of hydrogen-bond acceptors (Lipinski definition) is 3. The minimum atomic E-state index is -4.32. The third kappa shape index (κ3) is 5.17. The van der Waals surface area contributed by atoms with E-state index in [4.69, 9.17) is 4.74 Å². The first kappa shape index (κ1) is 15.3. The van der Waals surface area contributed by atoms with E-state index in [1.807, 2.05) is 0 Å². The molecule has 0 aliphatic heterocycles. The Kier molecular flexibility index (Phi) is 5.17. The van der Waals surface area contributed by atoms with Crippen LogP contribution in [0, 0.1) is 0 Å². The normalized spacial score (nSPS) is 11.2. The average molecular weight is 276 g/mol. The number of ether oxygens (including phenoxy) is 1. The third-order valence-electron chi connectivity index (χ3n) is 2.42. The predicted molar refractivity (Wildman–Crippen MR) is 65.3 cm³/mol. The Morgan fingerprint density at radius 1 is 1.42 bits per heavy atom. The van der Waals surface area contributed by atoms with Crippen LogP contribution in [0.4, 0.5) is 18.9 Å². The van der Waals surface area contributed by atoms with Crippen LogP contribution < -0.4 is 15.0 Å². The van der Waals surface area contributed by atoms with E-state index in [0.29, 0.717) is 11.4 Å². The summed E-state index contributed by atoms with van der Waals surface area (Å²) in [5, 5.41) is 2.06. The van der Waals surface area contributed by atoms with Crippen molar-refractivity contribution in [3.8, 4) is 5.75 Å². The zero-order valence-electron chi connectivity index (χ0n) is 10.6. The Hall–Kier alpha value is -1.76. The number of anilines is 1. The summed E-state index contributed by atoms with van der Waals surface area (Å²) in [6, 6.07) is 6.71. The first-order valence-corrected chi connectivity index (χ1v) is 5.51. The third-order valence-corrected chi connectivity index (χ3v) is 2.42. The zero-order chi connectivity index (χ0) is 14.5. The number of nitrogens with zero attached hydrogens (tertiary/aromatic N) is 1. The van der Waals surface area contributed by atoms with E-state index in [-0.39, 0.29) is 6.54 Å². The molecule has 0 radical (unpaired) electrons. The molecule has 0 saturated carbocycles. The zero-order valence-corrected chi connectivity index (χ0v) is 10.6. The van der Waals surface area contributed by atoms with Crippen LogP contribution in [0.3, 0.4) is 0 Å². The summed E-state index contributed by atoms with van der Waals surface area (Å²) in [4.78, 5) is 13.0. The lowest BCUT2D eigenvalue weighted by molar-refractivity contribution is -0.127. The SMILES string of the molecule is COc1cccc(N(C)C(=O)CNCC(F)(F)F)c1. The molecule has 106 valence electrons. The molecule has 0 heterocycles. The van der Waals surface area contributed by atoms with Gasteiger partial charge in [0.2, 0.25) is 5.91 Å². The van der Waals surface area contributed by atoms with Crippen LogP contribution >= 0.6 is 0 Å². The Morgan fingerprint density at radius 2 is 2.11 bits per heavy atom. The number of alkyl halides is 3. The minimum absolute atomic E-state index is 0.382. The van der Waals surface area contributed by atoms with Gasteiger partial charge in [0.1, 0.15) is 5.75 Å². The van der Waals surface area contributed by atoms with Crippen LogP contribution in [0.2, 0.25) is 0 Å². The van der Waals surface area contributed by atoms with Crippen molar-refractivity contribution in [3.63, 3.8) is 0 Å². The molecule has 0 aliphatic carbocycles. The van der Waals surface area contributed by atoms with E-state index in [1.165, 1.54) is 19.1 Å². The molecule has 0 aliphatic rings. The van der Waals surface area contributed by atoms with E-state index in [1.54, 1.807) is 24.3 Å². The Morgan fingerprint density at radius 3 is 2.68 bits per heavy atom. The fourth-order valence-electron chi connectivity index (χ4n) is 1.39.